The van der Waals surface area contributed by atoms with Crippen LogP contribution in [-0.4, -0.2) is 12.6 Å². The molecule has 0 amide bonds. The molecular formula is C9H11ClF2N2. The summed E-state index contributed by atoms with van der Waals surface area (Å²) in [5.41, 5.74) is 10.9. The van der Waals surface area contributed by atoms with Crippen LogP contribution in [0.3, 0.4) is 0 Å². The molecule has 0 radical (unpaired) electrons. The molecule has 0 heterocycles. The van der Waals surface area contributed by atoms with Crippen molar-refractivity contribution in [1.29, 1.82) is 0 Å². The molecule has 0 fully saturated rings. The van der Waals surface area contributed by atoms with E-state index >= 15 is 0 Å². The smallest absolute Gasteiger partial charge is 0.163 e. The number of halogens is 3. The Kier molecular flexibility index (Phi) is 3.80. The van der Waals surface area contributed by atoms with Crippen molar-refractivity contribution in [2.24, 2.45) is 11.5 Å². The Balaban J connectivity index is 3.00. The van der Waals surface area contributed by atoms with Crippen LogP contribution in [0.25, 0.3) is 0 Å². The third-order valence-corrected chi connectivity index (χ3v) is 2.26. The van der Waals surface area contributed by atoms with E-state index < -0.39 is 17.7 Å². The van der Waals surface area contributed by atoms with Gasteiger partial charge in [-0.1, -0.05) is 11.6 Å². The quantitative estimate of drug-likeness (QED) is 0.758. The van der Waals surface area contributed by atoms with Gasteiger partial charge in [0.25, 0.3) is 0 Å². The monoisotopic (exact) mass is 220 g/mol. The topological polar surface area (TPSA) is 52.0 Å². The number of rotatable bonds is 3. The van der Waals surface area contributed by atoms with Gasteiger partial charge in [-0.25, -0.2) is 8.78 Å². The zero-order valence-electron chi connectivity index (χ0n) is 7.43. The second-order valence-corrected chi connectivity index (χ2v) is 3.43. The second kappa shape index (κ2) is 4.68. The van der Waals surface area contributed by atoms with E-state index in [1.807, 2.05) is 0 Å². The number of nitrogens with two attached hydrogens (primary N) is 2. The summed E-state index contributed by atoms with van der Waals surface area (Å²) in [6, 6.07) is 1.87. The van der Waals surface area contributed by atoms with Gasteiger partial charge in [0.1, 0.15) is 0 Å². The molecule has 0 aromatic heterocycles. The van der Waals surface area contributed by atoms with Gasteiger partial charge in [0, 0.05) is 23.2 Å². The molecule has 0 aliphatic rings. The van der Waals surface area contributed by atoms with E-state index in [0.717, 1.165) is 6.07 Å². The summed E-state index contributed by atoms with van der Waals surface area (Å²) in [6.07, 6.45) is 0.138. The van der Waals surface area contributed by atoms with E-state index in [9.17, 15) is 8.78 Å². The lowest BCUT2D eigenvalue weighted by molar-refractivity contribution is 0.493. The van der Waals surface area contributed by atoms with Crippen LogP contribution in [0.1, 0.15) is 5.56 Å². The van der Waals surface area contributed by atoms with Crippen LogP contribution < -0.4 is 11.5 Å². The number of hydrogen-bond acceptors (Lipinski definition) is 2. The molecule has 1 unspecified atom stereocenters. The van der Waals surface area contributed by atoms with Gasteiger partial charge < -0.3 is 11.5 Å². The van der Waals surface area contributed by atoms with Crippen LogP contribution in [-0.2, 0) is 6.42 Å². The van der Waals surface area contributed by atoms with Crippen LogP contribution in [0.15, 0.2) is 12.1 Å². The summed E-state index contributed by atoms with van der Waals surface area (Å²) in [5, 5.41) is 0.174. The highest BCUT2D eigenvalue weighted by molar-refractivity contribution is 6.31. The summed E-state index contributed by atoms with van der Waals surface area (Å²) in [5.74, 6) is -1.87. The first-order chi connectivity index (χ1) is 6.56. The summed E-state index contributed by atoms with van der Waals surface area (Å²) < 4.78 is 26.0. The molecule has 14 heavy (non-hydrogen) atoms. The summed E-state index contributed by atoms with van der Waals surface area (Å²) in [7, 11) is 0. The standard InChI is InChI=1S/C9H11ClF2N2/c10-7-1-2-8(11)9(12)6(7)3-5(14)4-13/h1-2,5H,3-4,13-14H2. The van der Waals surface area contributed by atoms with Crippen LogP contribution in [0.2, 0.25) is 5.02 Å². The molecule has 0 saturated heterocycles. The lowest BCUT2D eigenvalue weighted by atomic mass is 10.1. The molecule has 0 saturated carbocycles. The fraction of sp³-hybridized carbons (Fsp3) is 0.333. The first-order valence-electron chi connectivity index (χ1n) is 4.14. The normalized spacial score (nSPS) is 12.9. The Morgan fingerprint density at radius 1 is 1.36 bits per heavy atom. The molecule has 4 N–H and O–H groups in total. The lowest BCUT2D eigenvalue weighted by Crippen LogP contribution is -2.32. The Morgan fingerprint density at radius 3 is 2.57 bits per heavy atom. The first kappa shape index (κ1) is 11.4. The molecule has 0 aliphatic heterocycles. The van der Waals surface area contributed by atoms with Gasteiger partial charge in [0.05, 0.1) is 0 Å². The van der Waals surface area contributed by atoms with Crippen molar-refractivity contribution in [1.82, 2.24) is 0 Å². The third-order valence-electron chi connectivity index (χ3n) is 1.91. The first-order valence-corrected chi connectivity index (χ1v) is 4.52. The van der Waals surface area contributed by atoms with Gasteiger partial charge in [-0.15, -0.1) is 0 Å². The SMILES string of the molecule is NCC(N)Cc1c(Cl)ccc(F)c1F. The molecule has 5 heteroatoms. The minimum Gasteiger partial charge on any atom is -0.329 e. The molecule has 1 aromatic carbocycles. The molecule has 2 nitrogen and oxygen atoms in total. The van der Waals surface area contributed by atoms with Crippen LogP contribution >= 0.6 is 11.6 Å². The van der Waals surface area contributed by atoms with Crippen LogP contribution in [0.4, 0.5) is 8.78 Å². The van der Waals surface area contributed by atoms with E-state index in [4.69, 9.17) is 23.1 Å². The molecule has 1 aromatic rings. The molecule has 0 aliphatic carbocycles. The van der Waals surface area contributed by atoms with Crippen molar-refractivity contribution in [2.45, 2.75) is 12.5 Å². The fourth-order valence-electron chi connectivity index (χ4n) is 1.10. The van der Waals surface area contributed by atoms with Crippen molar-refractivity contribution >= 4 is 11.6 Å². The van der Waals surface area contributed by atoms with Gasteiger partial charge in [-0.05, 0) is 18.6 Å². The van der Waals surface area contributed by atoms with Crippen molar-refractivity contribution in [3.05, 3.63) is 34.4 Å². The minimum atomic E-state index is -0.943. The van der Waals surface area contributed by atoms with Gasteiger partial charge in [-0.2, -0.15) is 0 Å². The van der Waals surface area contributed by atoms with Crippen molar-refractivity contribution in [3.8, 4) is 0 Å². The predicted octanol–water partition coefficient (Wildman–Crippen LogP) is 1.45. The van der Waals surface area contributed by atoms with E-state index in [0.29, 0.717) is 0 Å². The zero-order chi connectivity index (χ0) is 10.7. The van der Waals surface area contributed by atoms with E-state index in [-0.39, 0.29) is 23.6 Å². The Labute approximate surface area is 85.8 Å². The van der Waals surface area contributed by atoms with Crippen LogP contribution in [0.5, 0.6) is 0 Å². The van der Waals surface area contributed by atoms with Crippen molar-refractivity contribution < 1.29 is 8.78 Å². The molecule has 78 valence electrons. The molecule has 1 atom stereocenters. The minimum absolute atomic E-state index is 0.0876. The van der Waals surface area contributed by atoms with Gasteiger partial charge in [0.2, 0.25) is 0 Å². The number of hydrogen-bond donors (Lipinski definition) is 2. The molecule has 0 bridgehead atoms. The summed E-state index contributed by atoms with van der Waals surface area (Å²) >= 11 is 5.70. The van der Waals surface area contributed by atoms with Crippen molar-refractivity contribution in [2.75, 3.05) is 6.54 Å². The second-order valence-electron chi connectivity index (χ2n) is 3.02. The maximum Gasteiger partial charge on any atom is 0.163 e. The summed E-state index contributed by atoms with van der Waals surface area (Å²) in [6.45, 7) is 0.201. The molecule has 0 spiro atoms. The zero-order valence-corrected chi connectivity index (χ0v) is 8.19. The van der Waals surface area contributed by atoms with Gasteiger partial charge in [-0.3, -0.25) is 0 Å². The van der Waals surface area contributed by atoms with E-state index in [1.165, 1.54) is 6.07 Å². The number of benzene rings is 1. The Morgan fingerprint density at radius 2 is 2.00 bits per heavy atom. The lowest BCUT2D eigenvalue weighted by Gasteiger charge is -2.11. The van der Waals surface area contributed by atoms with Crippen molar-refractivity contribution in [3.63, 3.8) is 0 Å². The van der Waals surface area contributed by atoms with E-state index in [1.54, 1.807) is 0 Å². The largest absolute Gasteiger partial charge is 0.329 e. The van der Waals surface area contributed by atoms with E-state index in [2.05, 4.69) is 0 Å². The fourth-order valence-corrected chi connectivity index (χ4v) is 1.32. The highest BCUT2D eigenvalue weighted by Gasteiger charge is 2.14. The summed E-state index contributed by atoms with van der Waals surface area (Å²) in [4.78, 5) is 0. The highest BCUT2D eigenvalue weighted by Crippen LogP contribution is 2.22. The maximum absolute atomic E-state index is 13.2. The van der Waals surface area contributed by atoms with Crippen LogP contribution in [0, 0.1) is 11.6 Å². The highest BCUT2D eigenvalue weighted by atomic mass is 35.5. The third kappa shape index (κ3) is 2.41. The van der Waals surface area contributed by atoms with Gasteiger partial charge in [0.15, 0.2) is 11.6 Å². The maximum atomic E-state index is 13.2. The average molecular weight is 221 g/mol. The molecular weight excluding hydrogens is 210 g/mol. The van der Waals surface area contributed by atoms with Gasteiger partial charge >= 0.3 is 0 Å². The Hall–Kier alpha value is -0.710. The Bertz CT molecular complexity index is 331. The average Bonchev–Trinajstić information content (AvgIpc) is 2.18. The molecule has 1 rings (SSSR count). The predicted molar refractivity (Wildman–Crippen MR) is 52.1 cm³/mol.